The van der Waals surface area contributed by atoms with Gasteiger partial charge in [0.1, 0.15) is 18.0 Å². The normalized spacial score (nSPS) is 11.3. The number of nitrogens with zero attached hydrogens (tertiary/aromatic N) is 2. The molecular weight excluding hydrogens is 512 g/mol. The highest BCUT2D eigenvalue weighted by atomic mass is 32.2. The molecule has 0 saturated heterocycles. The zero-order valence-corrected chi connectivity index (χ0v) is 21.3. The minimum atomic E-state index is -1.46. The van der Waals surface area contributed by atoms with E-state index in [9.17, 15) is 9.18 Å². The minimum Gasteiger partial charge on any atom is -0.366 e. The molecule has 0 aliphatic rings. The SMILES string of the molecule is Cc1ccc(Nc2c(C(N)=O)cc(Cc3ccnc(NOSN(C)NC(C)C)c3F)c(F)c2F)c(F)c1. The topological polar surface area (TPSA) is 105 Å². The van der Waals surface area contributed by atoms with E-state index >= 15 is 13.2 Å². The molecule has 8 nitrogen and oxygen atoms in total. The molecule has 0 atom stereocenters. The first-order valence-electron chi connectivity index (χ1n) is 11.0. The van der Waals surface area contributed by atoms with Crippen LogP contribution in [-0.4, -0.2) is 28.4 Å². The lowest BCUT2D eigenvalue weighted by Crippen LogP contribution is -2.34. The van der Waals surface area contributed by atoms with E-state index in [0.717, 1.165) is 18.3 Å². The number of aryl methyl sites for hydroxylation is 1. The maximum absolute atomic E-state index is 15.1. The highest BCUT2D eigenvalue weighted by Crippen LogP contribution is 2.31. The van der Waals surface area contributed by atoms with E-state index in [1.807, 2.05) is 13.8 Å². The van der Waals surface area contributed by atoms with Crippen molar-refractivity contribution < 1.29 is 26.6 Å². The lowest BCUT2D eigenvalue weighted by molar-refractivity contribution is 0.100. The number of benzene rings is 2. The second kappa shape index (κ2) is 12.2. The molecular formula is C24H26F4N6O2S. The van der Waals surface area contributed by atoms with Crippen molar-refractivity contribution >= 4 is 35.3 Å². The monoisotopic (exact) mass is 538 g/mol. The van der Waals surface area contributed by atoms with Crippen LogP contribution < -0.4 is 22.0 Å². The summed E-state index contributed by atoms with van der Waals surface area (Å²) in [6, 6.07) is 6.47. The molecule has 13 heteroatoms. The molecule has 1 amide bonds. The van der Waals surface area contributed by atoms with E-state index in [-0.39, 0.29) is 28.7 Å². The second-order valence-corrected chi connectivity index (χ2v) is 9.27. The van der Waals surface area contributed by atoms with Crippen LogP contribution in [0.15, 0.2) is 36.5 Å². The summed E-state index contributed by atoms with van der Waals surface area (Å²) in [7, 11) is 1.69. The maximum atomic E-state index is 15.1. The van der Waals surface area contributed by atoms with Gasteiger partial charge in [0.25, 0.3) is 5.91 Å². The summed E-state index contributed by atoms with van der Waals surface area (Å²) in [5, 5.41) is 2.40. The Morgan fingerprint density at radius 1 is 1.11 bits per heavy atom. The number of hydrogen-bond donors (Lipinski definition) is 4. The van der Waals surface area contributed by atoms with Crippen molar-refractivity contribution in [3.8, 4) is 0 Å². The van der Waals surface area contributed by atoms with Crippen molar-refractivity contribution in [3.05, 3.63) is 82.1 Å². The van der Waals surface area contributed by atoms with Crippen LogP contribution in [-0.2, 0) is 10.7 Å². The van der Waals surface area contributed by atoms with Gasteiger partial charge in [0, 0.05) is 25.7 Å². The highest BCUT2D eigenvalue weighted by molar-refractivity contribution is 7.92. The van der Waals surface area contributed by atoms with Crippen molar-refractivity contribution in [1.29, 1.82) is 0 Å². The maximum Gasteiger partial charge on any atom is 0.250 e. The number of halogens is 4. The predicted octanol–water partition coefficient (Wildman–Crippen LogP) is 5.13. The number of primary amides is 1. The molecule has 0 aliphatic heterocycles. The van der Waals surface area contributed by atoms with E-state index in [1.54, 1.807) is 24.5 Å². The van der Waals surface area contributed by atoms with Crippen LogP contribution >= 0.6 is 12.2 Å². The van der Waals surface area contributed by atoms with Crippen molar-refractivity contribution in [2.45, 2.75) is 33.2 Å². The predicted molar refractivity (Wildman–Crippen MR) is 135 cm³/mol. The van der Waals surface area contributed by atoms with Crippen molar-refractivity contribution in [3.63, 3.8) is 0 Å². The van der Waals surface area contributed by atoms with Gasteiger partial charge in [-0.25, -0.2) is 33.5 Å². The molecule has 3 rings (SSSR count). The summed E-state index contributed by atoms with van der Waals surface area (Å²) in [4.78, 5) is 15.9. The molecule has 0 fully saturated rings. The Balaban J connectivity index is 1.86. The van der Waals surface area contributed by atoms with Crippen LogP contribution in [0.25, 0.3) is 0 Å². The summed E-state index contributed by atoms with van der Waals surface area (Å²) in [5.74, 6) is -5.78. The van der Waals surface area contributed by atoms with E-state index in [0.29, 0.717) is 5.56 Å². The van der Waals surface area contributed by atoms with Crippen molar-refractivity contribution in [2.24, 2.45) is 5.73 Å². The number of hydrazine groups is 1. The van der Waals surface area contributed by atoms with Gasteiger partial charge >= 0.3 is 0 Å². The van der Waals surface area contributed by atoms with Gasteiger partial charge in [0.05, 0.1) is 16.9 Å². The first-order valence-corrected chi connectivity index (χ1v) is 11.7. The fourth-order valence-corrected chi connectivity index (χ4v) is 3.86. The molecule has 2 aromatic carbocycles. The van der Waals surface area contributed by atoms with E-state index in [4.69, 9.17) is 10.0 Å². The molecule has 0 radical (unpaired) electrons. The number of aromatic nitrogens is 1. The fourth-order valence-electron chi connectivity index (χ4n) is 3.38. The number of nitrogens with one attached hydrogen (secondary N) is 3. The summed E-state index contributed by atoms with van der Waals surface area (Å²) in [6.45, 7) is 5.50. The van der Waals surface area contributed by atoms with Gasteiger partial charge in [-0.1, -0.05) is 6.07 Å². The van der Waals surface area contributed by atoms with Crippen molar-refractivity contribution in [2.75, 3.05) is 17.8 Å². The fraction of sp³-hybridized carbons (Fsp3) is 0.250. The Morgan fingerprint density at radius 2 is 1.84 bits per heavy atom. The molecule has 0 unspecified atom stereocenters. The molecule has 1 heterocycles. The van der Waals surface area contributed by atoms with E-state index < -0.39 is 46.8 Å². The van der Waals surface area contributed by atoms with Crippen LogP contribution in [0.5, 0.6) is 0 Å². The zero-order valence-electron chi connectivity index (χ0n) is 20.5. The minimum absolute atomic E-state index is 0.0567. The lowest BCUT2D eigenvalue weighted by atomic mass is 10.00. The Kier molecular flexibility index (Phi) is 9.32. The number of hydrogen-bond acceptors (Lipinski definition) is 8. The van der Waals surface area contributed by atoms with Crippen LogP contribution in [0, 0.1) is 30.2 Å². The summed E-state index contributed by atoms with van der Waals surface area (Å²) in [6.07, 6.45) is 0.817. The Hall–Kier alpha value is -3.39. The van der Waals surface area contributed by atoms with E-state index in [1.165, 1.54) is 24.4 Å². The van der Waals surface area contributed by atoms with Gasteiger partial charge in [0.15, 0.2) is 23.3 Å². The third-order valence-corrected chi connectivity index (χ3v) is 5.50. The average Bonchev–Trinajstić information content (AvgIpc) is 2.81. The number of carbonyl (C=O) groups is 1. The third kappa shape index (κ3) is 7.10. The average molecular weight is 539 g/mol. The molecule has 0 saturated carbocycles. The Labute approximate surface area is 215 Å². The number of amides is 1. The van der Waals surface area contributed by atoms with E-state index in [2.05, 4.69) is 21.2 Å². The number of nitrogens with two attached hydrogens (primary N) is 1. The van der Waals surface area contributed by atoms with Gasteiger partial charge < -0.3 is 11.1 Å². The standard InChI is InChI=1S/C24H26F4N6O2S/c1-12(2)32-34(4)37-36-33-24-20(27)14(7-8-30-24)10-15-11-16(23(29)35)22(21(28)19(15)26)31-18-6-5-13(3)9-17(18)25/h5-9,11-12,31-32H,10H2,1-4H3,(H2,29,35)(H,30,33). The smallest absolute Gasteiger partial charge is 0.250 e. The number of carbonyl (C=O) groups excluding carboxylic acids is 1. The first-order chi connectivity index (χ1) is 17.5. The van der Waals surface area contributed by atoms with Crippen LogP contribution in [0.4, 0.5) is 34.8 Å². The molecule has 3 aromatic rings. The third-order valence-electron chi connectivity index (χ3n) is 5.01. The van der Waals surface area contributed by atoms with Crippen LogP contribution in [0.3, 0.4) is 0 Å². The largest absolute Gasteiger partial charge is 0.366 e. The molecule has 0 spiro atoms. The number of rotatable bonds is 11. The highest BCUT2D eigenvalue weighted by Gasteiger charge is 2.23. The summed E-state index contributed by atoms with van der Waals surface area (Å²) in [5.41, 5.74) is 9.74. The van der Waals surface area contributed by atoms with Gasteiger partial charge in [-0.15, -0.1) is 0 Å². The van der Waals surface area contributed by atoms with Gasteiger partial charge in [-0.05, 0) is 61.7 Å². The Bertz CT molecular complexity index is 1290. The van der Waals surface area contributed by atoms with Crippen LogP contribution in [0.2, 0.25) is 0 Å². The quantitative estimate of drug-likeness (QED) is 0.115. The molecule has 1 aromatic heterocycles. The molecule has 0 aliphatic carbocycles. The van der Waals surface area contributed by atoms with Crippen molar-refractivity contribution in [1.82, 2.24) is 14.8 Å². The number of anilines is 3. The second-order valence-electron chi connectivity index (χ2n) is 8.41. The summed E-state index contributed by atoms with van der Waals surface area (Å²) < 4.78 is 66.1. The Morgan fingerprint density at radius 3 is 2.49 bits per heavy atom. The summed E-state index contributed by atoms with van der Waals surface area (Å²) >= 11 is 0.841. The van der Waals surface area contributed by atoms with Gasteiger partial charge in [0.2, 0.25) is 0 Å². The van der Waals surface area contributed by atoms with Gasteiger partial charge in [-0.3, -0.25) is 4.79 Å². The molecule has 37 heavy (non-hydrogen) atoms. The first kappa shape index (κ1) is 28.2. The lowest BCUT2D eigenvalue weighted by Gasteiger charge is -2.18. The zero-order chi connectivity index (χ0) is 27.3. The number of pyridine rings is 1. The molecule has 0 bridgehead atoms. The molecule has 5 N–H and O–H groups in total. The van der Waals surface area contributed by atoms with Gasteiger partial charge in [-0.2, -0.15) is 8.70 Å². The van der Waals surface area contributed by atoms with Crippen LogP contribution in [0.1, 0.15) is 40.9 Å². The molecule has 198 valence electrons.